The van der Waals surface area contributed by atoms with Crippen LogP contribution in [0, 0.1) is 11.8 Å². The molecular weight excluding hydrogens is 1150 g/mol. The molecule has 0 saturated carbocycles. The first kappa shape index (κ1) is 75.2. The number of nitrogens with two attached hydrogens (primary N) is 8. The summed E-state index contributed by atoms with van der Waals surface area (Å²) in [5.74, 6) is -10.5. The van der Waals surface area contributed by atoms with E-state index in [9.17, 15) is 63.0 Å². The van der Waals surface area contributed by atoms with Crippen molar-refractivity contribution >= 4 is 82.9 Å². The van der Waals surface area contributed by atoms with Crippen LogP contribution in [0.5, 0.6) is 0 Å². The molecule has 0 aliphatic carbocycles. The average Bonchev–Trinajstić information content (AvgIpc) is 3.84. The molecule has 88 heavy (non-hydrogen) atoms. The summed E-state index contributed by atoms with van der Waals surface area (Å²) in [5, 5.41) is 43.5. The molecule has 1 aromatic rings. The molecule has 34 nitrogen and oxygen atoms in total. The summed E-state index contributed by atoms with van der Waals surface area (Å²) in [6.07, 6.45) is 0.625. The van der Waals surface area contributed by atoms with Crippen molar-refractivity contribution in [2.24, 2.45) is 72.7 Å². The number of hydrogen-bond acceptors (Lipinski definition) is 17. The van der Waals surface area contributed by atoms with Gasteiger partial charge in [-0.3, -0.25) is 67.7 Å². The van der Waals surface area contributed by atoms with Crippen LogP contribution in [0.2, 0.25) is 0 Å². The number of amides is 11. The predicted molar refractivity (Wildman–Crippen MR) is 324 cm³/mol. The van der Waals surface area contributed by atoms with Gasteiger partial charge >= 0.3 is 0 Å². The Morgan fingerprint density at radius 3 is 1.33 bits per heavy atom. The van der Waals surface area contributed by atoms with E-state index in [0.29, 0.717) is 5.56 Å². The minimum absolute atomic E-state index is 0.0105. The van der Waals surface area contributed by atoms with Gasteiger partial charge in [0, 0.05) is 32.6 Å². The van der Waals surface area contributed by atoms with E-state index in [1.165, 1.54) is 0 Å². The molecule has 27 N–H and O–H groups in total. The van der Waals surface area contributed by atoms with Crippen LogP contribution in [0.25, 0.3) is 0 Å². The first-order valence-corrected chi connectivity index (χ1v) is 29.0. The van der Waals surface area contributed by atoms with Crippen LogP contribution in [0.1, 0.15) is 97.5 Å². The standard InChI is InChI=1S/C54H93N21O13/c1-29(2)22-36(47(84)68-33(15-9-19-64-53(59)60)45(82)70-35(43(56)80)24-31-12-6-5-7-13-31)71-46(83)34(16-10-20-65-54(61)62)69-48(85)37(23-30(3)4)72-49(86)38(27-76)73-50(87)40-17-11-21-75(40)51(88)39(28-77)74-44(81)32(14-8-18-63-52(57)58)67-42(79)26-66-41(78)25-55/h5-7,12-13,29-30,32-40,76-77H,8-11,14-28,55H2,1-4H3,(H2,56,80)(H,66,78)(H,67,79)(H,68,84)(H,69,85)(H,70,82)(H,71,83)(H,72,86)(H,73,87)(H,74,81)(H4,57,58,63)(H4,59,60,64)(H4,61,62,65). The monoisotopic (exact) mass is 1240 g/mol. The zero-order valence-electron chi connectivity index (χ0n) is 50.5. The maximum atomic E-state index is 14.4. The number of guanidine groups is 3. The van der Waals surface area contributed by atoms with E-state index in [4.69, 9.17) is 45.9 Å². The van der Waals surface area contributed by atoms with E-state index in [1.54, 1.807) is 58.0 Å². The van der Waals surface area contributed by atoms with E-state index in [-0.39, 0.29) is 127 Å². The zero-order valence-corrected chi connectivity index (χ0v) is 50.5. The van der Waals surface area contributed by atoms with Gasteiger partial charge in [0.05, 0.1) is 26.3 Å². The fourth-order valence-electron chi connectivity index (χ4n) is 9.08. The van der Waals surface area contributed by atoms with Crippen LogP contribution < -0.4 is 93.7 Å². The van der Waals surface area contributed by atoms with Crippen molar-refractivity contribution < 1.29 is 63.0 Å². The van der Waals surface area contributed by atoms with Gasteiger partial charge in [0.25, 0.3) is 0 Å². The molecule has 9 unspecified atom stereocenters. The predicted octanol–water partition coefficient (Wildman–Crippen LogP) is -8.10. The maximum Gasteiger partial charge on any atom is 0.248 e. The first-order chi connectivity index (χ1) is 41.6. The quantitative estimate of drug-likeness (QED) is 0.0165. The van der Waals surface area contributed by atoms with Crippen molar-refractivity contribution in [2.45, 2.75) is 153 Å². The Morgan fingerprint density at radius 2 is 0.920 bits per heavy atom. The number of primary amides is 1. The van der Waals surface area contributed by atoms with Crippen LogP contribution in [0.15, 0.2) is 45.3 Å². The first-order valence-electron chi connectivity index (χ1n) is 29.0. The van der Waals surface area contributed by atoms with Crippen molar-refractivity contribution in [3.05, 3.63) is 35.9 Å². The lowest BCUT2D eigenvalue weighted by atomic mass is 10.00. The van der Waals surface area contributed by atoms with Gasteiger partial charge in [-0.05, 0) is 81.6 Å². The molecule has 0 aromatic heterocycles. The lowest BCUT2D eigenvalue weighted by Gasteiger charge is -2.30. The van der Waals surface area contributed by atoms with Crippen LogP contribution >= 0.6 is 0 Å². The molecule has 1 aliphatic rings. The molecule has 34 heteroatoms. The van der Waals surface area contributed by atoms with Crippen LogP contribution in [-0.4, -0.2) is 205 Å². The summed E-state index contributed by atoms with van der Waals surface area (Å²) >= 11 is 0. The smallest absolute Gasteiger partial charge is 0.248 e. The molecule has 1 fully saturated rings. The fraction of sp³-hybridized carbons (Fsp3) is 0.630. The van der Waals surface area contributed by atoms with Gasteiger partial charge in [-0.2, -0.15) is 0 Å². The van der Waals surface area contributed by atoms with E-state index in [0.717, 1.165) is 4.90 Å². The summed E-state index contributed by atoms with van der Waals surface area (Å²) in [6, 6.07) is -3.79. The summed E-state index contributed by atoms with van der Waals surface area (Å²) in [6.45, 7) is 4.25. The molecule has 9 atom stereocenters. The Balaban J connectivity index is 2.37. The number of rotatable bonds is 40. The highest BCUT2D eigenvalue weighted by Crippen LogP contribution is 2.20. The molecule has 0 radical (unpaired) electrons. The largest absolute Gasteiger partial charge is 0.394 e. The van der Waals surface area contributed by atoms with Crippen molar-refractivity contribution in [3.63, 3.8) is 0 Å². The number of hydrogen-bond donors (Lipinski definition) is 19. The molecule has 2 rings (SSSR count). The van der Waals surface area contributed by atoms with E-state index in [2.05, 4.69) is 62.8 Å². The van der Waals surface area contributed by atoms with Crippen molar-refractivity contribution in [3.8, 4) is 0 Å². The summed E-state index contributed by atoms with van der Waals surface area (Å²) in [5.41, 5.74) is 44.5. The Morgan fingerprint density at radius 1 is 0.523 bits per heavy atom. The average molecular weight is 1240 g/mol. The van der Waals surface area contributed by atoms with E-state index < -0.39 is 146 Å². The Hall–Kier alpha value is -8.92. The molecule has 492 valence electrons. The minimum atomic E-state index is -1.71. The number of aliphatic imine (C=N–C) groups is 3. The molecular formula is C54H93N21O13. The topological polar surface area (TPSA) is 585 Å². The van der Waals surface area contributed by atoms with E-state index in [1.807, 2.05) is 0 Å². The van der Waals surface area contributed by atoms with Gasteiger partial charge in [-0.15, -0.1) is 0 Å². The Labute approximate surface area is 510 Å². The van der Waals surface area contributed by atoms with Gasteiger partial charge in [0.15, 0.2) is 17.9 Å². The van der Waals surface area contributed by atoms with Crippen molar-refractivity contribution in [1.29, 1.82) is 0 Å². The highest BCUT2D eigenvalue weighted by molar-refractivity contribution is 5.99. The van der Waals surface area contributed by atoms with E-state index >= 15 is 0 Å². The second-order valence-corrected chi connectivity index (χ2v) is 21.8. The highest BCUT2D eigenvalue weighted by atomic mass is 16.3. The van der Waals surface area contributed by atoms with Gasteiger partial charge in [0.1, 0.15) is 54.4 Å². The third kappa shape index (κ3) is 28.5. The lowest BCUT2D eigenvalue weighted by molar-refractivity contribution is -0.143. The molecule has 11 amide bonds. The van der Waals surface area contributed by atoms with Crippen LogP contribution in [-0.2, 0) is 59.2 Å². The molecule has 1 aromatic carbocycles. The second kappa shape index (κ2) is 39.7. The lowest BCUT2D eigenvalue weighted by Crippen LogP contribution is -2.61. The number of benzene rings is 1. The fourth-order valence-corrected chi connectivity index (χ4v) is 9.08. The van der Waals surface area contributed by atoms with Gasteiger partial charge in [-0.25, -0.2) is 0 Å². The number of aliphatic hydroxyl groups is 2. The molecule has 1 heterocycles. The van der Waals surface area contributed by atoms with Crippen molar-refractivity contribution in [2.75, 3.05) is 52.5 Å². The number of nitrogens with zero attached hydrogens (tertiary/aromatic N) is 4. The normalized spacial score (nSPS) is 15.4. The molecule has 1 saturated heterocycles. The molecule has 1 aliphatic heterocycles. The zero-order chi connectivity index (χ0) is 66.0. The van der Waals surface area contributed by atoms with Crippen molar-refractivity contribution in [1.82, 2.24) is 52.8 Å². The Bertz CT molecular complexity index is 2580. The number of likely N-dealkylation sites (tertiary alicyclic amines) is 1. The maximum absolute atomic E-state index is 14.4. The SMILES string of the molecule is CC(C)CC(NC(=O)C(CCCN=C(N)N)NC(=O)C(CC(C)C)NC(=O)C(CO)NC(=O)C1CCCN1C(=O)C(CO)NC(=O)C(CCCN=C(N)N)NC(=O)CNC(=O)CN)C(=O)NC(CCCN=C(N)N)C(=O)NC(Cc1ccccc1)C(N)=O. The number of nitrogens with one attached hydrogen (secondary N) is 9. The minimum Gasteiger partial charge on any atom is -0.394 e. The van der Waals surface area contributed by atoms with Gasteiger partial charge in [0.2, 0.25) is 65.0 Å². The number of carbonyl (C=O) groups is 11. The molecule has 0 bridgehead atoms. The highest BCUT2D eigenvalue weighted by Gasteiger charge is 2.40. The molecule has 0 spiro atoms. The van der Waals surface area contributed by atoms with Gasteiger partial charge in [-0.1, -0.05) is 58.0 Å². The van der Waals surface area contributed by atoms with Crippen LogP contribution in [0.3, 0.4) is 0 Å². The summed E-state index contributed by atoms with van der Waals surface area (Å²) in [4.78, 5) is 162. The summed E-state index contributed by atoms with van der Waals surface area (Å²) in [7, 11) is 0. The third-order valence-electron chi connectivity index (χ3n) is 13.5. The summed E-state index contributed by atoms with van der Waals surface area (Å²) < 4.78 is 0. The third-order valence-corrected chi connectivity index (χ3v) is 13.5. The van der Waals surface area contributed by atoms with Crippen LogP contribution in [0.4, 0.5) is 0 Å². The van der Waals surface area contributed by atoms with Gasteiger partial charge < -0.3 is 109 Å². The Kier molecular flexibility index (Phi) is 33.9. The number of aliphatic hydroxyl groups excluding tert-OH is 2. The number of carbonyl (C=O) groups excluding carboxylic acids is 11. The second-order valence-electron chi connectivity index (χ2n) is 21.8.